The van der Waals surface area contributed by atoms with Gasteiger partial charge in [-0.1, -0.05) is 24.3 Å². The summed E-state index contributed by atoms with van der Waals surface area (Å²) in [4.78, 5) is 71.0. The quantitative estimate of drug-likeness (QED) is 0.451. The highest BCUT2D eigenvalue weighted by molar-refractivity contribution is 6.20. The van der Waals surface area contributed by atoms with Crippen molar-refractivity contribution in [2.45, 2.75) is 93.4 Å². The number of ether oxygens (including phenoxy) is 1. The molecule has 0 radical (unpaired) electrons. The van der Waals surface area contributed by atoms with Gasteiger partial charge in [0.1, 0.15) is 6.17 Å². The predicted molar refractivity (Wildman–Crippen MR) is 184 cm³/mol. The molecule has 11 atom stereocenters. The van der Waals surface area contributed by atoms with Gasteiger partial charge in [0, 0.05) is 78.7 Å². The minimum absolute atomic E-state index is 0.0114. The van der Waals surface area contributed by atoms with E-state index >= 15 is 4.39 Å². The molecule has 1 N–H and O–H groups in total. The van der Waals surface area contributed by atoms with Gasteiger partial charge in [-0.15, -0.1) is 0 Å². The standard InChI is InChI=1S/C39H45FN6O5/c1-44-13-4-5-22(44)8-10-43-39(50)28-20-46-31-16-25-26(36(48)24-7-3-2-6-23(24)35(25)47)17-32(31)51-38-33(46)27(37(28)49)15-29(40)34(38)45-14-9-21(19-45)30-18-41-11-12-42-30/h2-3,6-7,11-12,18,20-22,25-27,29,31-34,38H,4-5,8-10,13-17,19H2,1H3,(H,43,50)/t21?,22-,25?,26?,27?,29?,31?,32?,33?,34?,38?/m0/s1. The minimum atomic E-state index is -1.36. The molecule has 1 aromatic carbocycles. The SMILES string of the molecule is CN1CCC[C@H]1CCNC(=O)C1=CN2C3CC4C(=O)c5ccccc5C(=O)C4CC3OC3C(N4CCC(c5cnccn5)C4)C(F)CC(C1=O)C32. The van der Waals surface area contributed by atoms with Gasteiger partial charge in [-0.05, 0) is 65.1 Å². The summed E-state index contributed by atoms with van der Waals surface area (Å²) in [5, 5.41) is 3.00. The third-order valence-electron chi connectivity index (χ3n) is 13.2. The molecule has 5 fully saturated rings. The largest absolute Gasteiger partial charge is 0.369 e. The lowest BCUT2D eigenvalue weighted by Crippen LogP contribution is -2.74. The zero-order valence-electron chi connectivity index (χ0n) is 28.9. The van der Waals surface area contributed by atoms with Crippen LogP contribution in [0.2, 0.25) is 0 Å². The summed E-state index contributed by atoms with van der Waals surface area (Å²) in [6, 6.07) is 5.96. The number of amides is 1. The fourth-order valence-electron chi connectivity index (χ4n) is 10.7. The second-order valence-corrected chi connectivity index (χ2v) is 15.8. The first-order chi connectivity index (χ1) is 24.8. The summed E-state index contributed by atoms with van der Waals surface area (Å²) in [7, 11) is 2.10. The van der Waals surface area contributed by atoms with E-state index in [0.717, 1.165) is 37.9 Å². The number of ketones is 3. The average Bonchev–Trinajstić information content (AvgIpc) is 3.80. The average molecular weight is 697 g/mol. The van der Waals surface area contributed by atoms with Crippen LogP contribution in [0.4, 0.5) is 4.39 Å². The Hall–Kier alpha value is -3.87. The molecule has 10 unspecified atom stereocenters. The summed E-state index contributed by atoms with van der Waals surface area (Å²) >= 11 is 0. The van der Waals surface area contributed by atoms with Gasteiger partial charge in [0.2, 0.25) is 0 Å². The number of Topliss-reactive ketones (excluding diaryl/α,β-unsaturated/α-hetero) is 3. The van der Waals surface area contributed by atoms with Crippen molar-refractivity contribution in [1.29, 1.82) is 0 Å². The van der Waals surface area contributed by atoms with Crippen LogP contribution in [0.25, 0.3) is 0 Å². The Morgan fingerprint density at radius 2 is 1.75 bits per heavy atom. The Balaban J connectivity index is 1.04. The van der Waals surface area contributed by atoms with Gasteiger partial charge in [-0.25, -0.2) is 4.39 Å². The molecule has 7 aliphatic rings. The molecular formula is C39H45FN6O5. The molecule has 11 nitrogen and oxygen atoms in total. The van der Waals surface area contributed by atoms with Gasteiger partial charge in [0.15, 0.2) is 17.3 Å². The van der Waals surface area contributed by atoms with Gasteiger partial charge in [0.25, 0.3) is 5.91 Å². The van der Waals surface area contributed by atoms with Crippen LogP contribution in [0.15, 0.2) is 54.6 Å². The molecule has 9 rings (SSSR count). The number of nitrogens with one attached hydrogen (secondary N) is 1. The summed E-state index contributed by atoms with van der Waals surface area (Å²) in [6.45, 7) is 2.73. The van der Waals surface area contributed by atoms with E-state index in [2.05, 4.69) is 37.0 Å². The maximum Gasteiger partial charge on any atom is 0.256 e. The predicted octanol–water partition coefficient (Wildman–Crippen LogP) is 2.97. The van der Waals surface area contributed by atoms with Crippen molar-refractivity contribution in [1.82, 2.24) is 30.0 Å². The zero-order valence-corrected chi connectivity index (χ0v) is 28.9. The first kappa shape index (κ1) is 33.0. The molecule has 268 valence electrons. The lowest BCUT2D eigenvalue weighted by Gasteiger charge is -2.61. The van der Waals surface area contributed by atoms with Crippen LogP contribution < -0.4 is 5.32 Å². The van der Waals surface area contributed by atoms with Crippen LogP contribution in [-0.4, -0.2) is 124 Å². The van der Waals surface area contributed by atoms with E-state index < -0.39 is 54.1 Å². The number of aromatic nitrogens is 2. The van der Waals surface area contributed by atoms with E-state index in [1.807, 2.05) is 0 Å². The van der Waals surface area contributed by atoms with E-state index in [1.165, 1.54) is 0 Å². The molecular weight excluding hydrogens is 651 g/mol. The van der Waals surface area contributed by atoms with E-state index in [9.17, 15) is 19.2 Å². The highest BCUT2D eigenvalue weighted by Gasteiger charge is 2.62. The molecule has 3 saturated heterocycles. The Morgan fingerprint density at radius 1 is 0.961 bits per heavy atom. The number of benzene rings is 1. The number of morpholine rings is 1. The Bertz CT molecular complexity index is 1770. The number of rotatable bonds is 6. The highest BCUT2D eigenvalue weighted by Crippen LogP contribution is 2.51. The Morgan fingerprint density at radius 3 is 2.47 bits per heavy atom. The number of carbonyl (C=O) groups is 4. The molecule has 3 aliphatic carbocycles. The van der Waals surface area contributed by atoms with Crippen molar-refractivity contribution in [2.24, 2.45) is 17.8 Å². The topological polar surface area (TPSA) is 125 Å². The number of fused-ring (bicyclic) bond motifs is 4. The fourth-order valence-corrected chi connectivity index (χ4v) is 10.7. The van der Waals surface area contributed by atoms with Crippen LogP contribution in [0.3, 0.4) is 0 Å². The third kappa shape index (κ3) is 5.47. The lowest BCUT2D eigenvalue weighted by molar-refractivity contribution is -0.214. The molecule has 4 aliphatic heterocycles. The van der Waals surface area contributed by atoms with Crippen LogP contribution in [0.1, 0.15) is 77.3 Å². The van der Waals surface area contributed by atoms with Gasteiger partial charge in [-0.3, -0.25) is 34.0 Å². The van der Waals surface area contributed by atoms with Crippen molar-refractivity contribution in [3.63, 3.8) is 0 Å². The maximum absolute atomic E-state index is 16.7. The zero-order chi connectivity index (χ0) is 35.0. The number of nitrogens with zero attached hydrogens (tertiary/aromatic N) is 5. The van der Waals surface area contributed by atoms with Gasteiger partial charge in [0.05, 0.1) is 41.6 Å². The van der Waals surface area contributed by atoms with Crippen molar-refractivity contribution < 1.29 is 28.3 Å². The molecule has 1 aromatic heterocycles. The lowest BCUT2D eigenvalue weighted by atomic mass is 9.63. The van der Waals surface area contributed by atoms with Crippen LogP contribution in [0, 0.1) is 17.8 Å². The molecule has 1 amide bonds. The Labute approximate surface area is 297 Å². The van der Waals surface area contributed by atoms with Crippen molar-refractivity contribution in [3.05, 3.63) is 71.4 Å². The van der Waals surface area contributed by atoms with Crippen molar-refractivity contribution >= 4 is 23.3 Å². The van der Waals surface area contributed by atoms with Crippen LogP contribution in [-0.2, 0) is 14.3 Å². The number of likely N-dealkylation sites (tertiary alicyclic amines) is 2. The van der Waals surface area contributed by atoms with Crippen LogP contribution >= 0.6 is 0 Å². The number of halogens is 1. The summed E-state index contributed by atoms with van der Waals surface area (Å²) < 4.78 is 23.7. The minimum Gasteiger partial charge on any atom is -0.369 e. The number of alkyl halides is 1. The highest BCUT2D eigenvalue weighted by atomic mass is 19.1. The molecule has 5 heterocycles. The number of hydrogen-bond donors (Lipinski definition) is 1. The first-order valence-corrected chi connectivity index (χ1v) is 18.8. The maximum atomic E-state index is 16.7. The molecule has 2 saturated carbocycles. The van der Waals surface area contributed by atoms with E-state index in [4.69, 9.17) is 4.74 Å². The van der Waals surface area contributed by atoms with E-state index in [-0.39, 0.29) is 41.3 Å². The third-order valence-corrected chi connectivity index (χ3v) is 13.2. The monoisotopic (exact) mass is 696 g/mol. The summed E-state index contributed by atoms with van der Waals surface area (Å²) in [6.07, 6.45) is 8.76. The van der Waals surface area contributed by atoms with Gasteiger partial charge in [-0.2, -0.15) is 0 Å². The van der Waals surface area contributed by atoms with E-state index in [1.54, 1.807) is 49.1 Å². The van der Waals surface area contributed by atoms with E-state index in [0.29, 0.717) is 49.6 Å². The molecule has 0 spiro atoms. The number of hydrogen-bond acceptors (Lipinski definition) is 10. The fraction of sp³-hybridized carbons (Fsp3) is 0.590. The summed E-state index contributed by atoms with van der Waals surface area (Å²) in [5.41, 5.74) is 1.83. The second kappa shape index (κ2) is 13.0. The first-order valence-electron chi connectivity index (χ1n) is 18.8. The smallest absolute Gasteiger partial charge is 0.256 e. The normalized spacial score (nSPS) is 37.7. The molecule has 0 bridgehead atoms. The molecule has 51 heavy (non-hydrogen) atoms. The Kier molecular flexibility index (Phi) is 8.39. The van der Waals surface area contributed by atoms with Gasteiger partial charge >= 0.3 is 0 Å². The van der Waals surface area contributed by atoms with Crippen molar-refractivity contribution in [2.75, 3.05) is 33.2 Å². The van der Waals surface area contributed by atoms with Crippen molar-refractivity contribution in [3.8, 4) is 0 Å². The van der Waals surface area contributed by atoms with Crippen LogP contribution in [0.5, 0.6) is 0 Å². The second-order valence-electron chi connectivity index (χ2n) is 15.8. The molecule has 2 aromatic rings. The molecule has 12 heteroatoms. The summed E-state index contributed by atoms with van der Waals surface area (Å²) in [5.74, 6) is -2.61. The van der Waals surface area contributed by atoms with Gasteiger partial charge < -0.3 is 19.9 Å². The number of carbonyl (C=O) groups excluding carboxylic acids is 4.